The van der Waals surface area contributed by atoms with Crippen LogP contribution in [0.5, 0.6) is 0 Å². The van der Waals surface area contributed by atoms with Crippen LogP contribution >= 0.6 is 11.3 Å². The molecule has 8 heteroatoms. The topological polar surface area (TPSA) is 66.9 Å². The zero-order valence-electron chi connectivity index (χ0n) is 17.5. The molecular formula is C24H24N2O4S2. The Balaban J connectivity index is 1.43. The lowest BCUT2D eigenvalue weighted by Gasteiger charge is -2.36. The van der Waals surface area contributed by atoms with Gasteiger partial charge in [0, 0.05) is 30.1 Å². The van der Waals surface area contributed by atoms with E-state index in [1.54, 1.807) is 23.5 Å². The van der Waals surface area contributed by atoms with Gasteiger partial charge in [-0.1, -0.05) is 30.3 Å². The number of carbonyl (C=O) groups excluding carboxylic acids is 1. The van der Waals surface area contributed by atoms with Crippen molar-refractivity contribution in [1.82, 2.24) is 9.21 Å². The minimum Gasteiger partial charge on any atom is -0.379 e. The average Bonchev–Trinajstić information content (AvgIpc) is 3.33. The molecule has 3 heterocycles. The Labute approximate surface area is 192 Å². The van der Waals surface area contributed by atoms with E-state index in [1.165, 1.54) is 26.9 Å². The maximum atomic E-state index is 13.5. The summed E-state index contributed by atoms with van der Waals surface area (Å²) in [6.07, 6.45) is 0.825. The van der Waals surface area contributed by atoms with Crippen molar-refractivity contribution in [3.8, 4) is 0 Å². The molecule has 2 aliphatic rings. The Hall–Kier alpha value is -2.52. The van der Waals surface area contributed by atoms with Crippen LogP contribution < -0.4 is 0 Å². The lowest BCUT2D eigenvalue weighted by atomic mass is 9.92. The van der Waals surface area contributed by atoms with Gasteiger partial charge in [0.15, 0.2) is 0 Å². The van der Waals surface area contributed by atoms with Crippen LogP contribution in [0.1, 0.15) is 32.4 Å². The number of amides is 1. The van der Waals surface area contributed by atoms with Crippen LogP contribution in [-0.4, -0.2) is 56.4 Å². The van der Waals surface area contributed by atoms with Crippen LogP contribution in [0, 0.1) is 0 Å². The van der Waals surface area contributed by atoms with Gasteiger partial charge in [0.25, 0.3) is 5.91 Å². The zero-order chi connectivity index (χ0) is 22.1. The molecule has 2 aliphatic heterocycles. The fourth-order valence-corrected chi connectivity index (χ4v) is 6.71. The first-order valence-electron chi connectivity index (χ1n) is 10.7. The van der Waals surface area contributed by atoms with E-state index in [9.17, 15) is 13.2 Å². The van der Waals surface area contributed by atoms with E-state index in [0.717, 1.165) is 12.0 Å². The predicted octanol–water partition coefficient (Wildman–Crippen LogP) is 3.56. The predicted molar refractivity (Wildman–Crippen MR) is 123 cm³/mol. The number of benzene rings is 2. The summed E-state index contributed by atoms with van der Waals surface area (Å²) in [5.74, 6) is -0.0916. The molecular weight excluding hydrogens is 444 g/mol. The minimum atomic E-state index is -3.59. The summed E-state index contributed by atoms with van der Waals surface area (Å²) in [7, 11) is -3.59. The first-order valence-corrected chi connectivity index (χ1v) is 13.0. The number of morpholine rings is 1. The van der Waals surface area contributed by atoms with Crippen LogP contribution in [0.15, 0.2) is 70.9 Å². The van der Waals surface area contributed by atoms with E-state index >= 15 is 0 Å². The SMILES string of the molecule is O=C(c1ccc(S(=O)(=O)N2CCOCC2)cc1)N1CCc2sccc2[C@@H]1c1ccccc1. The lowest BCUT2D eigenvalue weighted by Crippen LogP contribution is -2.41. The normalized spacial score (nSPS) is 19.5. The summed E-state index contributed by atoms with van der Waals surface area (Å²) in [5, 5.41) is 2.08. The summed E-state index contributed by atoms with van der Waals surface area (Å²) in [6, 6.07) is 18.3. The molecule has 1 atom stereocenters. The fraction of sp³-hybridized carbons (Fsp3) is 0.292. The van der Waals surface area contributed by atoms with Crippen molar-refractivity contribution < 1.29 is 17.9 Å². The second-order valence-electron chi connectivity index (χ2n) is 7.90. The van der Waals surface area contributed by atoms with E-state index < -0.39 is 10.0 Å². The van der Waals surface area contributed by atoms with E-state index in [1.807, 2.05) is 23.1 Å². The van der Waals surface area contributed by atoms with Gasteiger partial charge in [-0.15, -0.1) is 11.3 Å². The molecule has 5 rings (SSSR count). The molecule has 1 fully saturated rings. The standard InChI is InChI=1S/C24H24N2O4S2/c27-24(19-6-8-20(9-7-19)32(28,29)25-13-15-30-16-14-25)26-12-10-22-21(11-17-31-22)23(26)18-4-2-1-3-5-18/h1-9,11,17,23H,10,12-16H2/t23-/m0/s1. The van der Waals surface area contributed by atoms with E-state index in [2.05, 4.69) is 23.6 Å². The van der Waals surface area contributed by atoms with Crippen LogP contribution in [0.3, 0.4) is 0 Å². The first-order chi connectivity index (χ1) is 15.6. The van der Waals surface area contributed by atoms with Crippen molar-refractivity contribution >= 4 is 27.3 Å². The van der Waals surface area contributed by atoms with Gasteiger partial charge in [-0.3, -0.25) is 4.79 Å². The summed E-state index contributed by atoms with van der Waals surface area (Å²) < 4.78 is 32.5. The second-order valence-corrected chi connectivity index (χ2v) is 10.8. The number of hydrogen-bond acceptors (Lipinski definition) is 5. The molecule has 32 heavy (non-hydrogen) atoms. The van der Waals surface area contributed by atoms with Gasteiger partial charge in [0.2, 0.25) is 10.0 Å². The number of fused-ring (bicyclic) bond motifs is 1. The molecule has 0 aliphatic carbocycles. The maximum absolute atomic E-state index is 13.5. The largest absolute Gasteiger partial charge is 0.379 e. The fourth-order valence-electron chi connectivity index (χ4n) is 4.40. The van der Waals surface area contributed by atoms with Crippen molar-refractivity contribution in [1.29, 1.82) is 0 Å². The van der Waals surface area contributed by atoms with Crippen molar-refractivity contribution in [2.45, 2.75) is 17.4 Å². The number of ether oxygens (including phenoxy) is 1. The highest BCUT2D eigenvalue weighted by Crippen LogP contribution is 2.38. The summed E-state index contributed by atoms with van der Waals surface area (Å²) >= 11 is 1.73. The molecule has 3 aromatic rings. The van der Waals surface area contributed by atoms with Crippen LogP contribution in [0.25, 0.3) is 0 Å². The zero-order valence-corrected chi connectivity index (χ0v) is 19.1. The maximum Gasteiger partial charge on any atom is 0.254 e. The molecule has 1 saturated heterocycles. The van der Waals surface area contributed by atoms with Crippen molar-refractivity contribution in [3.05, 3.63) is 87.6 Å². The molecule has 0 unspecified atom stereocenters. The van der Waals surface area contributed by atoms with Crippen LogP contribution in [-0.2, 0) is 21.2 Å². The monoisotopic (exact) mass is 468 g/mol. The Morgan fingerprint density at radius 1 is 0.938 bits per heavy atom. The molecule has 0 bridgehead atoms. The summed E-state index contributed by atoms with van der Waals surface area (Å²) in [6.45, 7) is 2.11. The number of carbonyl (C=O) groups is 1. The van der Waals surface area contributed by atoms with Gasteiger partial charge in [0.05, 0.1) is 24.2 Å². The third-order valence-electron chi connectivity index (χ3n) is 6.05. The molecule has 166 valence electrons. The number of nitrogens with zero attached hydrogens (tertiary/aromatic N) is 2. The molecule has 1 amide bonds. The third kappa shape index (κ3) is 3.88. The van der Waals surface area contributed by atoms with E-state index in [4.69, 9.17) is 4.74 Å². The van der Waals surface area contributed by atoms with Crippen molar-refractivity contribution in [2.24, 2.45) is 0 Å². The third-order valence-corrected chi connectivity index (χ3v) is 8.96. The smallest absolute Gasteiger partial charge is 0.254 e. The Kier molecular flexibility index (Phi) is 5.86. The molecule has 0 radical (unpaired) electrons. The number of sulfonamides is 1. The van der Waals surface area contributed by atoms with Crippen LogP contribution in [0.4, 0.5) is 0 Å². The quantitative estimate of drug-likeness (QED) is 0.587. The first kappa shape index (κ1) is 21.3. The summed E-state index contributed by atoms with van der Waals surface area (Å²) in [4.78, 5) is 16.9. The number of hydrogen-bond donors (Lipinski definition) is 0. The second kappa shape index (κ2) is 8.78. The lowest BCUT2D eigenvalue weighted by molar-refractivity contribution is 0.0696. The van der Waals surface area contributed by atoms with Gasteiger partial charge in [-0.25, -0.2) is 8.42 Å². The highest BCUT2D eigenvalue weighted by molar-refractivity contribution is 7.89. The van der Waals surface area contributed by atoms with Crippen molar-refractivity contribution in [3.63, 3.8) is 0 Å². The highest BCUT2D eigenvalue weighted by Gasteiger charge is 2.33. The molecule has 6 nitrogen and oxygen atoms in total. The molecule has 0 saturated carbocycles. The average molecular weight is 469 g/mol. The van der Waals surface area contributed by atoms with Gasteiger partial charge >= 0.3 is 0 Å². The molecule has 0 N–H and O–H groups in total. The van der Waals surface area contributed by atoms with E-state index in [0.29, 0.717) is 38.4 Å². The Bertz CT molecular complexity index is 1200. The molecule has 1 aromatic heterocycles. The number of rotatable bonds is 4. The Morgan fingerprint density at radius 2 is 1.66 bits per heavy atom. The minimum absolute atomic E-state index is 0.0916. The highest BCUT2D eigenvalue weighted by atomic mass is 32.2. The van der Waals surface area contributed by atoms with Gasteiger partial charge in [-0.2, -0.15) is 4.31 Å². The molecule has 0 spiro atoms. The van der Waals surface area contributed by atoms with Gasteiger partial charge in [-0.05, 0) is 53.3 Å². The van der Waals surface area contributed by atoms with E-state index in [-0.39, 0.29) is 16.8 Å². The number of thiophene rings is 1. The van der Waals surface area contributed by atoms with Crippen LogP contribution in [0.2, 0.25) is 0 Å². The van der Waals surface area contributed by atoms with Crippen molar-refractivity contribution in [2.75, 3.05) is 32.8 Å². The summed E-state index contributed by atoms with van der Waals surface area (Å²) in [5.41, 5.74) is 2.74. The Morgan fingerprint density at radius 3 is 2.38 bits per heavy atom. The van der Waals surface area contributed by atoms with Gasteiger partial charge < -0.3 is 9.64 Å². The van der Waals surface area contributed by atoms with Gasteiger partial charge in [0.1, 0.15) is 0 Å². The molecule has 2 aromatic carbocycles.